The molecular weight excluding hydrogens is 279 g/mol. The SMILES string of the molecule is NC(=O)C1CCN(C(=O)CCNC(=O)C(F)(F)F)CC1. The first kappa shape index (κ1) is 16.3. The smallest absolute Gasteiger partial charge is 0.369 e. The van der Waals surface area contributed by atoms with Crippen molar-refractivity contribution in [1.82, 2.24) is 10.2 Å². The van der Waals surface area contributed by atoms with Gasteiger partial charge in [0, 0.05) is 32.0 Å². The second-order valence-corrected chi connectivity index (χ2v) is 4.56. The predicted molar refractivity (Wildman–Crippen MR) is 62.2 cm³/mol. The first-order valence-electron chi connectivity index (χ1n) is 6.14. The number of primary amides is 1. The number of nitrogens with one attached hydrogen (secondary N) is 1. The minimum atomic E-state index is -4.94. The molecule has 1 aliphatic heterocycles. The van der Waals surface area contributed by atoms with Crippen molar-refractivity contribution in [3.63, 3.8) is 0 Å². The van der Waals surface area contributed by atoms with Gasteiger partial charge in [-0.15, -0.1) is 0 Å². The standard InChI is InChI=1S/C11H16F3N3O3/c12-11(13,14)10(20)16-4-1-8(18)17-5-2-7(3-6-17)9(15)19/h7H,1-6H2,(H2,15,19)(H,16,20). The summed E-state index contributed by atoms with van der Waals surface area (Å²) in [5.74, 6) is -3.08. The van der Waals surface area contributed by atoms with Crippen LogP contribution in [0.1, 0.15) is 19.3 Å². The molecule has 1 saturated heterocycles. The molecule has 0 unspecified atom stereocenters. The number of halogens is 3. The molecule has 3 N–H and O–H groups in total. The van der Waals surface area contributed by atoms with Crippen molar-refractivity contribution in [3.05, 3.63) is 0 Å². The molecule has 0 saturated carbocycles. The van der Waals surface area contributed by atoms with Crippen molar-refractivity contribution in [2.45, 2.75) is 25.4 Å². The molecule has 114 valence electrons. The van der Waals surface area contributed by atoms with Crippen LogP contribution in [0.15, 0.2) is 0 Å². The largest absolute Gasteiger partial charge is 0.471 e. The molecule has 1 fully saturated rings. The quantitative estimate of drug-likeness (QED) is 0.751. The maximum absolute atomic E-state index is 11.9. The zero-order valence-corrected chi connectivity index (χ0v) is 10.7. The van der Waals surface area contributed by atoms with Crippen molar-refractivity contribution in [1.29, 1.82) is 0 Å². The number of hydrogen-bond acceptors (Lipinski definition) is 3. The number of piperidine rings is 1. The molecule has 0 spiro atoms. The third-order valence-corrected chi connectivity index (χ3v) is 3.13. The Bertz CT molecular complexity index is 390. The highest BCUT2D eigenvalue weighted by Gasteiger charge is 2.38. The summed E-state index contributed by atoms with van der Waals surface area (Å²) in [6.45, 7) is 0.326. The summed E-state index contributed by atoms with van der Waals surface area (Å²) in [6.07, 6.45) is -4.24. The summed E-state index contributed by atoms with van der Waals surface area (Å²) in [5.41, 5.74) is 5.15. The van der Waals surface area contributed by atoms with Crippen molar-refractivity contribution < 1.29 is 27.6 Å². The van der Waals surface area contributed by atoms with Crippen LogP contribution in [0.25, 0.3) is 0 Å². The van der Waals surface area contributed by atoms with Gasteiger partial charge in [-0.05, 0) is 12.8 Å². The fraction of sp³-hybridized carbons (Fsp3) is 0.727. The number of alkyl halides is 3. The number of nitrogens with two attached hydrogens (primary N) is 1. The topological polar surface area (TPSA) is 92.5 Å². The minimum absolute atomic E-state index is 0.205. The van der Waals surface area contributed by atoms with Gasteiger partial charge in [-0.3, -0.25) is 14.4 Å². The molecule has 1 rings (SSSR count). The Balaban J connectivity index is 2.28. The summed E-state index contributed by atoms with van der Waals surface area (Å²) < 4.78 is 35.7. The van der Waals surface area contributed by atoms with Gasteiger partial charge in [-0.25, -0.2) is 0 Å². The Hall–Kier alpha value is -1.80. The molecule has 0 aliphatic carbocycles. The number of nitrogens with zero attached hydrogens (tertiary/aromatic N) is 1. The van der Waals surface area contributed by atoms with Crippen molar-refractivity contribution >= 4 is 17.7 Å². The maximum Gasteiger partial charge on any atom is 0.471 e. The van der Waals surface area contributed by atoms with Gasteiger partial charge in [0.2, 0.25) is 11.8 Å². The zero-order chi connectivity index (χ0) is 15.3. The van der Waals surface area contributed by atoms with Crippen LogP contribution < -0.4 is 11.1 Å². The predicted octanol–water partition coefficient (Wildman–Crippen LogP) is -0.221. The molecule has 6 nitrogen and oxygen atoms in total. The molecular formula is C11H16F3N3O3. The first-order chi connectivity index (χ1) is 9.21. The Morgan fingerprint density at radius 1 is 1.20 bits per heavy atom. The van der Waals surface area contributed by atoms with E-state index >= 15 is 0 Å². The van der Waals surface area contributed by atoms with Crippen molar-refractivity contribution in [2.75, 3.05) is 19.6 Å². The lowest BCUT2D eigenvalue weighted by Crippen LogP contribution is -2.43. The Morgan fingerprint density at radius 2 is 1.75 bits per heavy atom. The van der Waals surface area contributed by atoms with Gasteiger partial charge in [0.05, 0.1) is 0 Å². The summed E-state index contributed by atoms with van der Waals surface area (Å²) in [5, 5.41) is 1.63. The Kier molecular flexibility index (Phi) is 5.34. The van der Waals surface area contributed by atoms with Crippen LogP contribution in [0.3, 0.4) is 0 Å². The van der Waals surface area contributed by atoms with Gasteiger partial charge < -0.3 is 16.0 Å². The summed E-state index contributed by atoms with van der Waals surface area (Å²) in [7, 11) is 0. The van der Waals surface area contributed by atoms with Gasteiger partial charge in [-0.1, -0.05) is 0 Å². The number of rotatable bonds is 4. The van der Waals surface area contributed by atoms with Gasteiger partial charge in [0.1, 0.15) is 0 Å². The van der Waals surface area contributed by atoms with Gasteiger partial charge in [-0.2, -0.15) is 13.2 Å². The molecule has 0 aromatic rings. The van der Waals surface area contributed by atoms with Crippen LogP contribution in [-0.4, -0.2) is 48.4 Å². The fourth-order valence-corrected chi connectivity index (χ4v) is 1.95. The third-order valence-electron chi connectivity index (χ3n) is 3.13. The molecule has 9 heteroatoms. The van der Waals surface area contributed by atoms with E-state index in [4.69, 9.17) is 5.73 Å². The van der Waals surface area contributed by atoms with E-state index in [1.807, 2.05) is 0 Å². The number of hydrogen-bond donors (Lipinski definition) is 2. The summed E-state index contributed by atoms with van der Waals surface area (Å²) in [6, 6.07) is 0. The van der Waals surface area contributed by atoms with E-state index in [0.717, 1.165) is 0 Å². The number of carbonyl (C=O) groups excluding carboxylic acids is 3. The van der Waals surface area contributed by atoms with E-state index in [9.17, 15) is 27.6 Å². The van der Waals surface area contributed by atoms with Crippen molar-refractivity contribution in [2.24, 2.45) is 11.7 Å². The molecule has 0 atom stereocenters. The average Bonchev–Trinajstić information content (AvgIpc) is 2.37. The van der Waals surface area contributed by atoms with E-state index in [1.165, 1.54) is 4.90 Å². The molecule has 0 aromatic heterocycles. The van der Waals surface area contributed by atoms with E-state index in [0.29, 0.717) is 25.9 Å². The second kappa shape index (κ2) is 6.58. The highest BCUT2D eigenvalue weighted by Crippen LogP contribution is 2.17. The van der Waals surface area contributed by atoms with Crippen molar-refractivity contribution in [3.8, 4) is 0 Å². The van der Waals surface area contributed by atoms with Gasteiger partial charge in [0.15, 0.2) is 0 Å². The number of likely N-dealkylation sites (tertiary alicyclic amines) is 1. The summed E-state index contributed by atoms with van der Waals surface area (Å²) >= 11 is 0. The van der Waals surface area contributed by atoms with Crippen LogP contribution in [0.5, 0.6) is 0 Å². The lowest BCUT2D eigenvalue weighted by atomic mass is 9.96. The summed E-state index contributed by atoms with van der Waals surface area (Å²) in [4.78, 5) is 34.6. The van der Waals surface area contributed by atoms with E-state index < -0.39 is 18.0 Å². The fourth-order valence-electron chi connectivity index (χ4n) is 1.95. The molecule has 0 radical (unpaired) electrons. The third kappa shape index (κ3) is 4.71. The van der Waals surface area contributed by atoms with Crippen LogP contribution in [0.4, 0.5) is 13.2 Å². The molecule has 0 bridgehead atoms. The highest BCUT2D eigenvalue weighted by molar-refractivity contribution is 5.83. The van der Waals surface area contributed by atoms with E-state index in [-0.39, 0.29) is 24.8 Å². The van der Waals surface area contributed by atoms with Crippen LogP contribution in [-0.2, 0) is 14.4 Å². The Labute approximate surface area is 113 Å². The maximum atomic E-state index is 11.9. The minimum Gasteiger partial charge on any atom is -0.369 e. The Morgan fingerprint density at radius 3 is 2.20 bits per heavy atom. The lowest BCUT2D eigenvalue weighted by molar-refractivity contribution is -0.173. The zero-order valence-electron chi connectivity index (χ0n) is 10.7. The number of carbonyl (C=O) groups is 3. The van der Waals surface area contributed by atoms with E-state index in [2.05, 4.69) is 0 Å². The molecule has 1 aliphatic rings. The normalized spacial score (nSPS) is 16.9. The van der Waals surface area contributed by atoms with Gasteiger partial charge >= 0.3 is 12.1 Å². The average molecular weight is 295 g/mol. The highest BCUT2D eigenvalue weighted by atomic mass is 19.4. The first-order valence-corrected chi connectivity index (χ1v) is 6.14. The molecule has 1 heterocycles. The van der Waals surface area contributed by atoms with Crippen LogP contribution in [0.2, 0.25) is 0 Å². The van der Waals surface area contributed by atoms with E-state index in [1.54, 1.807) is 5.32 Å². The van der Waals surface area contributed by atoms with Crippen LogP contribution >= 0.6 is 0 Å². The monoisotopic (exact) mass is 295 g/mol. The second-order valence-electron chi connectivity index (χ2n) is 4.56. The number of amides is 3. The molecule has 20 heavy (non-hydrogen) atoms. The van der Waals surface area contributed by atoms with Crippen LogP contribution in [0, 0.1) is 5.92 Å². The lowest BCUT2D eigenvalue weighted by Gasteiger charge is -2.30. The molecule has 3 amide bonds. The molecule has 0 aromatic carbocycles. The van der Waals surface area contributed by atoms with Gasteiger partial charge in [0.25, 0.3) is 0 Å².